The summed E-state index contributed by atoms with van der Waals surface area (Å²) in [7, 11) is 0. The molecule has 2 aromatic carbocycles. The van der Waals surface area contributed by atoms with Gasteiger partial charge in [0.05, 0.1) is 6.04 Å². The molecule has 0 saturated carbocycles. The zero-order valence-electron chi connectivity index (χ0n) is 17.4. The van der Waals surface area contributed by atoms with Crippen LogP contribution in [0.2, 0.25) is 0 Å². The Kier molecular flexibility index (Phi) is 7.19. The van der Waals surface area contributed by atoms with Crippen LogP contribution in [0.4, 0.5) is 4.79 Å². The van der Waals surface area contributed by atoms with Crippen molar-refractivity contribution in [3.63, 3.8) is 0 Å². The predicted octanol–water partition coefficient (Wildman–Crippen LogP) is 4.25. The monoisotopic (exact) mass is 385 g/mol. The number of carbonyl (C=O) groups is 2. The van der Waals surface area contributed by atoms with Gasteiger partial charge in [-0.3, -0.25) is 4.79 Å². The molecule has 0 aromatic heterocycles. The number of rotatable bonds is 7. The molecule has 0 saturated heterocycles. The maximum atomic E-state index is 12.5. The molecule has 0 fully saturated rings. The topological polar surface area (TPSA) is 75.6 Å². The third-order valence-corrected chi connectivity index (χ3v) is 4.34. The van der Waals surface area contributed by atoms with Crippen LogP contribution in [0.1, 0.15) is 46.6 Å². The van der Waals surface area contributed by atoms with E-state index in [1.807, 2.05) is 56.3 Å². The molecule has 0 bridgehead atoms. The molecule has 2 N–H and O–H groups in total. The Balaban J connectivity index is 2.28. The number of hydrogen-bond acceptors (Lipinski definition) is 4. The van der Waals surface area contributed by atoms with E-state index in [2.05, 4.69) is 5.32 Å². The number of Topliss-reactive ketones (excluding diaryl/α,β-unsaturated/α-hetero) is 1. The largest absolute Gasteiger partial charge is 0.444 e. The first-order valence-corrected chi connectivity index (χ1v) is 9.74. The van der Waals surface area contributed by atoms with Gasteiger partial charge in [0, 0.05) is 6.42 Å². The van der Waals surface area contributed by atoms with Gasteiger partial charge in [-0.1, -0.05) is 56.3 Å². The number of carbonyl (C=O) groups excluding carboxylic acids is 2. The molecule has 0 radical (unpaired) electrons. The standard InChI is InChI=1S/C23H31NO4/c1-15(2)13-20(25)21(26)19(24-22(27)28-23(3,4)5)14-17-11-8-10-16-9-6-7-12-18(16)17/h6-12,15,19,21,26H,13-14H2,1-5H3,(H,24,27)/t19-,21+/m0/s1. The molecule has 0 aliphatic carbocycles. The van der Waals surface area contributed by atoms with Crippen molar-refractivity contribution in [2.24, 2.45) is 5.92 Å². The SMILES string of the molecule is CC(C)CC(=O)[C@H](O)[C@H](Cc1cccc2ccccc12)NC(=O)OC(C)(C)C. The summed E-state index contributed by atoms with van der Waals surface area (Å²) >= 11 is 0. The molecule has 1 amide bonds. The van der Waals surface area contributed by atoms with E-state index < -0.39 is 23.8 Å². The number of fused-ring (bicyclic) bond motifs is 1. The van der Waals surface area contributed by atoms with E-state index in [0.717, 1.165) is 16.3 Å². The highest BCUT2D eigenvalue weighted by atomic mass is 16.6. The lowest BCUT2D eigenvalue weighted by atomic mass is 9.92. The van der Waals surface area contributed by atoms with Gasteiger partial charge in [0.2, 0.25) is 0 Å². The molecule has 2 aromatic rings. The first kappa shape index (κ1) is 21.9. The number of amides is 1. The minimum atomic E-state index is -1.30. The second-order valence-corrected chi connectivity index (χ2v) is 8.60. The fourth-order valence-corrected chi connectivity index (χ4v) is 3.16. The van der Waals surface area contributed by atoms with Gasteiger partial charge in [-0.2, -0.15) is 0 Å². The van der Waals surface area contributed by atoms with Crippen LogP contribution in [0.5, 0.6) is 0 Å². The smallest absolute Gasteiger partial charge is 0.407 e. The average molecular weight is 386 g/mol. The average Bonchev–Trinajstić information content (AvgIpc) is 2.58. The van der Waals surface area contributed by atoms with Crippen molar-refractivity contribution in [1.82, 2.24) is 5.32 Å². The maximum absolute atomic E-state index is 12.5. The van der Waals surface area contributed by atoms with Gasteiger partial charge < -0.3 is 15.2 Å². The van der Waals surface area contributed by atoms with Crippen LogP contribution in [0.15, 0.2) is 42.5 Å². The lowest BCUT2D eigenvalue weighted by Gasteiger charge is -2.27. The van der Waals surface area contributed by atoms with Gasteiger partial charge in [0.25, 0.3) is 0 Å². The van der Waals surface area contributed by atoms with E-state index in [-0.39, 0.29) is 18.1 Å². The normalized spacial score (nSPS) is 14.0. The first-order chi connectivity index (χ1) is 13.1. The molecular formula is C23H31NO4. The summed E-state index contributed by atoms with van der Waals surface area (Å²) in [6, 6.07) is 13.0. The van der Waals surface area contributed by atoms with Crippen LogP contribution >= 0.6 is 0 Å². The van der Waals surface area contributed by atoms with Crippen molar-refractivity contribution in [1.29, 1.82) is 0 Å². The van der Waals surface area contributed by atoms with Crippen LogP contribution in [0.25, 0.3) is 10.8 Å². The maximum Gasteiger partial charge on any atom is 0.407 e. The fourth-order valence-electron chi connectivity index (χ4n) is 3.16. The summed E-state index contributed by atoms with van der Waals surface area (Å²) in [4.78, 5) is 24.8. The first-order valence-electron chi connectivity index (χ1n) is 9.74. The summed E-state index contributed by atoms with van der Waals surface area (Å²) in [5.41, 5.74) is 0.289. The summed E-state index contributed by atoms with van der Waals surface area (Å²) < 4.78 is 5.33. The highest BCUT2D eigenvalue weighted by Crippen LogP contribution is 2.21. The zero-order chi connectivity index (χ0) is 20.9. The molecule has 2 rings (SSSR count). The third kappa shape index (κ3) is 6.34. The summed E-state index contributed by atoms with van der Waals surface area (Å²) in [5.74, 6) is -0.154. The summed E-state index contributed by atoms with van der Waals surface area (Å²) in [6.45, 7) is 9.16. The molecule has 5 nitrogen and oxygen atoms in total. The quantitative estimate of drug-likeness (QED) is 0.747. The number of ketones is 1. The number of hydrogen-bond donors (Lipinski definition) is 2. The van der Waals surface area contributed by atoms with Crippen molar-refractivity contribution >= 4 is 22.6 Å². The molecular weight excluding hydrogens is 354 g/mol. The van der Waals surface area contributed by atoms with Crippen LogP contribution in [-0.4, -0.2) is 34.7 Å². The number of ether oxygens (including phenoxy) is 1. The number of alkyl carbamates (subject to hydrolysis) is 1. The van der Waals surface area contributed by atoms with Crippen molar-refractivity contribution in [2.75, 3.05) is 0 Å². The molecule has 0 aliphatic rings. The molecule has 0 aliphatic heterocycles. The van der Waals surface area contributed by atoms with Gasteiger partial charge in [-0.25, -0.2) is 4.79 Å². The van der Waals surface area contributed by atoms with Crippen LogP contribution in [0.3, 0.4) is 0 Å². The third-order valence-electron chi connectivity index (χ3n) is 4.34. The minimum absolute atomic E-state index is 0.127. The van der Waals surface area contributed by atoms with E-state index in [1.165, 1.54) is 0 Å². The van der Waals surface area contributed by atoms with E-state index in [4.69, 9.17) is 4.74 Å². The van der Waals surface area contributed by atoms with Crippen molar-refractivity contribution in [3.05, 3.63) is 48.0 Å². The molecule has 2 atom stereocenters. The Bertz CT molecular complexity index is 817. The van der Waals surface area contributed by atoms with Crippen LogP contribution < -0.4 is 5.32 Å². The van der Waals surface area contributed by atoms with Crippen LogP contribution in [-0.2, 0) is 16.0 Å². The highest BCUT2D eigenvalue weighted by molar-refractivity contribution is 5.87. The van der Waals surface area contributed by atoms with Gasteiger partial charge in [0.1, 0.15) is 11.7 Å². The Morgan fingerprint density at radius 1 is 1.07 bits per heavy atom. The van der Waals surface area contributed by atoms with Crippen molar-refractivity contribution < 1.29 is 19.4 Å². The lowest BCUT2D eigenvalue weighted by Crippen LogP contribution is -2.49. The number of nitrogens with one attached hydrogen (secondary N) is 1. The minimum Gasteiger partial charge on any atom is -0.444 e. The Labute approximate surface area is 167 Å². The number of aliphatic hydroxyl groups excluding tert-OH is 1. The van der Waals surface area contributed by atoms with Crippen LogP contribution in [0, 0.1) is 5.92 Å². The summed E-state index contributed by atoms with van der Waals surface area (Å²) in [6.07, 6.45) is -1.36. The predicted molar refractivity (Wildman–Crippen MR) is 111 cm³/mol. The highest BCUT2D eigenvalue weighted by Gasteiger charge is 2.30. The van der Waals surface area contributed by atoms with Gasteiger partial charge in [-0.15, -0.1) is 0 Å². The number of aliphatic hydroxyl groups is 1. The number of benzene rings is 2. The van der Waals surface area contributed by atoms with Gasteiger partial charge in [-0.05, 0) is 49.4 Å². The summed E-state index contributed by atoms with van der Waals surface area (Å²) in [5, 5.41) is 15.5. The molecule has 0 unspecified atom stereocenters. The fraction of sp³-hybridized carbons (Fsp3) is 0.478. The van der Waals surface area contributed by atoms with Crippen molar-refractivity contribution in [3.8, 4) is 0 Å². The van der Waals surface area contributed by atoms with Gasteiger partial charge >= 0.3 is 6.09 Å². The van der Waals surface area contributed by atoms with E-state index in [1.54, 1.807) is 20.8 Å². The molecule has 0 heterocycles. The Morgan fingerprint density at radius 3 is 2.36 bits per heavy atom. The van der Waals surface area contributed by atoms with E-state index in [9.17, 15) is 14.7 Å². The van der Waals surface area contributed by atoms with Gasteiger partial charge in [0.15, 0.2) is 5.78 Å². The van der Waals surface area contributed by atoms with E-state index in [0.29, 0.717) is 6.42 Å². The Hall–Kier alpha value is -2.40. The molecule has 152 valence electrons. The Morgan fingerprint density at radius 2 is 1.71 bits per heavy atom. The lowest BCUT2D eigenvalue weighted by molar-refractivity contribution is -0.129. The second-order valence-electron chi connectivity index (χ2n) is 8.60. The molecule has 5 heteroatoms. The van der Waals surface area contributed by atoms with Crippen molar-refractivity contribution in [2.45, 2.75) is 65.2 Å². The second kappa shape index (κ2) is 9.20. The molecule has 28 heavy (non-hydrogen) atoms. The zero-order valence-corrected chi connectivity index (χ0v) is 17.4. The van der Waals surface area contributed by atoms with E-state index >= 15 is 0 Å². The molecule has 0 spiro atoms.